The van der Waals surface area contributed by atoms with Gasteiger partial charge >= 0.3 is 6.09 Å². The molecule has 1 saturated carbocycles. The van der Waals surface area contributed by atoms with Crippen LogP contribution in [0.1, 0.15) is 33.6 Å². The largest absolute Gasteiger partial charge is 0.444 e. The van der Waals surface area contributed by atoms with Gasteiger partial charge in [0, 0.05) is 12.6 Å². The van der Waals surface area contributed by atoms with Crippen LogP contribution in [0.15, 0.2) is 18.3 Å². The van der Waals surface area contributed by atoms with Crippen molar-refractivity contribution in [3.05, 3.63) is 28.4 Å². The van der Waals surface area contributed by atoms with Gasteiger partial charge in [-0.1, -0.05) is 0 Å². The van der Waals surface area contributed by atoms with Gasteiger partial charge in [-0.25, -0.2) is 9.78 Å². The van der Waals surface area contributed by atoms with E-state index in [4.69, 9.17) is 4.74 Å². The van der Waals surface area contributed by atoms with Crippen molar-refractivity contribution in [2.45, 2.75) is 44.8 Å². The van der Waals surface area contributed by atoms with Crippen molar-refractivity contribution in [2.24, 2.45) is 0 Å². The summed E-state index contributed by atoms with van der Waals surface area (Å²) in [5.74, 6) is 0.530. The maximum Gasteiger partial charge on any atom is 0.408 e. The van der Waals surface area contributed by atoms with Crippen LogP contribution in [0.3, 0.4) is 0 Å². The van der Waals surface area contributed by atoms with Crippen molar-refractivity contribution in [3.63, 3.8) is 0 Å². The van der Waals surface area contributed by atoms with Crippen molar-refractivity contribution in [2.75, 3.05) is 11.9 Å². The molecule has 1 fully saturated rings. The van der Waals surface area contributed by atoms with E-state index in [-0.39, 0.29) is 11.2 Å². The highest BCUT2D eigenvalue weighted by Crippen LogP contribution is 2.35. The number of anilines is 1. The molecule has 1 amide bonds. The molecule has 2 N–H and O–H groups in total. The summed E-state index contributed by atoms with van der Waals surface area (Å²) in [4.78, 5) is 25.8. The fourth-order valence-corrected chi connectivity index (χ4v) is 1.88. The van der Waals surface area contributed by atoms with E-state index >= 15 is 0 Å². The molecule has 1 aliphatic carbocycles. The van der Waals surface area contributed by atoms with Crippen molar-refractivity contribution >= 4 is 17.6 Å². The summed E-state index contributed by atoms with van der Waals surface area (Å²) >= 11 is 0. The molecule has 0 radical (unpaired) electrons. The number of hydrogen-bond acceptors (Lipinski definition) is 6. The molecule has 0 saturated heterocycles. The molecule has 1 aromatic rings. The van der Waals surface area contributed by atoms with E-state index < -0.39 is 16.6 Å². The SMILES string of the molecule is CC(C)(C)OC(=O)NC1(CNc2ccc([N+](=O)[O-])cn2)CC1. The number of rotatable bonds is 5. The summed E-state index contributed by atoms with van der Waals surface area (Å²) in [6.45, 7) is 5.93. The van der Waals surface area contributed by atoms with Crippen molar-refractivity contribution in [1.82, 2.24) is 10.3 Å². The molecule has 1 aromatic heterocycles. The summed E-state index contributed by atoms with van der Waals surface area (Å²) in [6.07, 6.45) is 2.46. The number of nitrogens with one attached hydrogen (secondary N) is 2. The van der Waals surface area contributed by atoms with Crippen LogP contribution >= 0.6 is 0 Å². The van der Waals surface area contributed by atoms with E-state index in [2.05, 4.69) is 15.6 Å². The Morgan fingerprint density at radius 1 is 1.45 bits per heavy atom. The lowest BCUT2D eigenvalue weighted by atomic mass is 10.2. The number of hydrogen-bond donors (Lipinski definition) is 2. The first-order chi connectivity index (χ1) is 10.2. The molecular weight excluding hydrogens is 288 g/mol. The Bertz CT molecular complexity index is 561. The normalized spacial score (nSPS) is 15.8. The topological polar surface area (TPSA) is 106 Å². The summed E-state index contributed by atoms with van der Waals surface area (Å²) in [5.41, 5.74) is -0.919. The summed E-state index contributed by atoms with van der Waals surface area (Å²) in [5, 5.41) is 16.5. The Labute approximate surface area is 128 Å². The number of amides is 1. The van der Waals surface area contributed by atoms with E-state index in [0.29, 0.717) is 12.4 Å². The first-order valence-corrected chi connectivity index (χ1v) is 7.05. The van der Waals surface area contributed by atoms with Gasteiger partial charge in [-0.05, 0) is 39.7 Å². The van der Waals surface area contributed by atoms with Crippen LogP contribution in [0.4, 0.5) is 16.3 Å². The highest BCUT2D eigenvalue weighted by Gasteiger charge is 2.44. The van der Waals surface area contributed by atoms with Crippen LogP contribution in [-0.2, 0) is 4.74 Å². The van der Waals surface area contributed by atoms with Gasteiger partial charge in [0.1, 0.15) is 17.6 Å². The van der Waals surface area contributed by atoms with Gasteiger partial charge in [0.2, 0.25) is 0 Å². The number of alkyl carbamates (subject to hydrolysis) is 1. The molecule has 1 heterocycles. The lowest BCUT2D eigenvalue weighted by Gasteiger charge is -2.23. The third-order valence-corrected chi connectivity index (χ3v) is 3.19. The van der Waals surface area contributed by atoms with Gasteiger partial charge in [-0.15, -0.1) is 0 Å². The van der Waals surface area contributed by atoms with E-state index in [9.17, 15) is 14.9 Å². The van der Waals surface area contributed by atoms with E-state index in [0.717, 1.165) is 12.8 Å². The smallest absolute Gasteiger partial charge is 0.408 e. The predicted molar refractivity (Wildman–Crippen MR) is 80.7 cm³/mol. The molecule has 0 aromatic carbocycles. The Balaban J connectivity index is 1.85. The standard InChI is InChI=1S/C14H20N4O4/c1-13(2,3)22-12(19)17-14(6-7-14)9-16-11-5-4-10(8-15-11)18(20)21/h4-5,8H,6-7,9H2,1-3H3,(H,15,16)(H,17,19). The molecule has 8 heteroatoms. The molecule has 120 valence electrons. The Kier molecular flexibility index (Phi) is 4.20. The van der Waals surface area contributed by atoms with Crippen LogP contribution in [0, 0.1) is 10.1 Å². The van der Waals surface area contributed by atoms with E-state index in [1.165, 1.54) is 12.3 Å². The van der Waals surface area contributed by atoms with Gasteiger partial charge in [0.25, 0.3) is 5.69 Å². The number of carbonyl (C=O) groups is 1. The van der Waals surface area contributed by atoms with Crippen molar-refractivity contribution < 1.29 is 14.5 Å². The van der Waals surface area contributed by atoms with Crippen LogP contribution in [-0.4, -0.2) is 33.7 Å². The van der Waals surface area contributed by atoms with Crippen molar-refractivity contribution in [1.29, 1.82) is 0 Å². The molecule has 0 unspecified atom stereocenters. The maximum atomic E-state index is 11.8. The lowest BCUT2D eigenvalue weighted by molar-refractivity contribution is -0.385. The van der Waals surface area contributed by atoms with Gasteiger partial charge in [0.05, 0.1) is 10.5 Å². The summed E-state index contributed by atoms with van der Waals surface area (Å²) in [6, 6.07) is 2.93. The first kappa shape index (κ1) is 16.0. The zero-order valence-corrected chi connectivity index (χ0v) is 12.9. The van der Waals surface area contributed by atoms with Crippen LogP contribution in [0.25, 0.3) is 0 Å². The monoisotopic (exact) mass is 308 g/mol. The second-order valence-electron chi connectivity index (χ2n) is 6.42. The van der Waals surface area contributed by atoms with Gasteiger partial charge in [0.15, 0.2) is 0 Å². The molecule has 1 aliphatic rings. The molecule has 0 aliphatic heterocycles. The number of nitro groups is 1. The highest BCUT2D eigenvalue weighted by atomic mass is 16.6. The molecule has 0 bridgehead atoms. The number of nitrogens with zero attached hydrogens (tertiary/aromatic N) is 2. The van der Waals surface area contributed by atoms with Crippen LogP contribution in [0.5, 0.6) is 0 Å². The Morgan fingerprint density at radius 3 is 2.59 bits per heavy atom. The van der Waals surface area contributed by atoms with Crippen LogP contribution in [0.2, 0.25) is 0 Å². The maximum absolute atomic E-state index is 11.8. The number of aromatic nitrogens is 1. The number of ether oxygens (including phenoxy) is 1. The fraction of sp³-hybridized carbons (Fsp3) is 0.571. The molecular formula is C14H20N4O4. The van der Waals surface area contributed by atoms with Crippen molar-refractivity contribution in [3.8, 4) is 0 Å². The molecule has 22 heavy (non-hydrogen) atoms. The molecule has 0 spiro atoms. The minimum atomic E-state index is -0.534. The lowest BCUT2D eigenvalue weighted by Crippen LogP contribution is -2.44. The molecule has 8 nitrogen and oxygen atoms in total. The minimum Gasteiger partial charge on any atom is -0.444 e. The molecule has 0 atom stereocenters. The summed E-state index contributed by atoms with van der Waals surface area (Å²) in [7, 11) is 0. The van der Waals surface area contributed by atoms with E-state index in [1.54, 1.807) is 6.07 Å². The zero-order valence-electron chi connectivity index (χ0n) is 12.9. The quantitative estimate of drug-likeness (QED) is 0.639. The highest BCUT2D eigenvalue weighted by molar-refractivity contribution is 5.69. The molecule has 2 rings (SSSR count). The fourth-order valence-electron chi connectivity index (χ4n) is 1.88. The minimum absolute atomic E-state index is 0.0569. The summed E-state index contributed by atoms with van der Waals surface area (Å²) < 4.78 is 5.24. The predicted octanol–water partition coefficient (Wildman–Crippen LogP) is 2.46. The average molecular weight is 308 g/mol. The van der Waals surface area contributed by atoms with Crippen LogP contribution < -0.4 is 10.6 Å². The number of carbonyl (C=O) groups excluding carboxylic acids is 1. The van der Waals surface area contributed by atoms with Gasteiger partial charge < -0.3 is 15.4 Å². The van der Waals surface area contributed by atoms with Gasteiger partial charge in [-0.2, -0.15) is 0 Å². The Hall–Kier alpha value is -2.38. The average Bonchev–Trinajstić information content (AvgIpc) is 3.14. The zero-order chi connectivity index (χ0) is 16.4. The Morgan fingerprint density at radius 2 is 2.14 bits per heavy atom. The van der Waals surface area contributed by atoms with Gasteiger partial charge in [-0.3, -0.25) is 10.1 Å². The third kappa shape index (κ3) is 4.57. The second kappa shape index (κ2) is 5.78. The van der Waals surface area contributed by atoms with E-state index in [1.807, 2.05) is 20.8 Å². The number of pyridine rings is 1. The first-order valence-electron chi connectivity index (χ1n) is 7.05. The third-order valence-electron chi connectivity index (χ3n) is 3.19. The second-order valence-corrected chi connectivity index (χ2v) is 6.42.